The normalized spacial score (nSPS) is 17.9. The third kappa shape index (κ3) is 7.14. The summed E-state index contributed by atoms with van der Waals surface area (Å²) in [6.07, 6.45) is 2.02. The van der Waals surface area contributed by atoms with Gasteiger partial charge < -0.3 is 15.4 Å². The van der Waals surface area contributed by atoms with Gasteiger partial charge in [0.2, 0.25) is 0 Å². The van der Waals surface area contributed by atoms with Gasteiger partial charge in [0.25, 0.3) is 0 Å². The Kier molecular flexibility index (Phi) is 6.47. The molecule has 0 atom stereocenters. The number of piperazine rings is 1. The number of carbonyl (C=O) groups excluding carboxylic acids is 1. The van der Waals surface area contributed by atoms with Gasteiger partial charge in [0.1, 0.15) is 5.60 Å². The molecule has 124 valence electrons. The van der Waals surface area contributed by atoms with Gasteiger partial charge in [0.05, 0.1) is 0 Å². The van der Waals surface area contributed by atoms with E-state index in [1.54, 1.807) is 0 Å². The lowest BCUT2D eigenvalue weighted by Crippen LogP contribution is -2.50. The summed E-state index contributed by atoms with van der Waals surface area (Å²) in [5.41, 5.74) is 5.54. The van der Waals surface area contributed by atoms with Crippen molar-refractivity contribution in [2.24, 2.45) is 11.1 Å². The maximum absolute atomic E-state index is 12.0. The molecule has 0 spiro atoms. The van der Waals surface area contributed by atoms with E-state index in [0.29, 0.717) is 5.41 Å². The van der Waals surface area contributed by atoms with Crippen molar-refractivity contribution in [1.82, 2.24) is 9.80 Å². The number of hydrogen-bond donors (Lipinski definition) is 1. The highest BCUT2D eigenvalue weighted by molar-refractivity contribution is 5.68. The first-order valence-electron chi connectivity index (χ1n) is 8.03. The van der Waals surface area contributed by atoms with Crippen LogP contribution in [-0.4, -0.2) is 60.8 Å². The molecule has 21 heavy (non-hydrogen) atoms. The van der Waals surface area contributed by atoms with Crippen LogP contribution in [0.3, 0.4) is 0 Å². The van der Waals surface area contributed by atoms with Gasteiger partial charge in [-0.05, 0) is 52.1 Å². The van der Waals surface area contributed by atoms with Crippen LogP contribution in [0.25, 0.3) is 0 Å². The summed E-state index contributed by atoms with van der Waals surface area (Å²) in [6, 6.07) is 0. The van der Waals surface area contributed by atoms with Crippen LogP contribution in [0.1, 0.15) is 47.5 Å². The van der Waals surface area contributed by atoms with Gasteiger partial charge in [-0.3, -0.25) is 4.90 Å². The molecule has 0 bridgehead atoms. The zero-order chi connectivity index (χ0) is 16.1. The van der Waals surface area contributed by atoms with Crippen molar-refractivity contribution in [1.29, 1.82) is 0 Å². The molecule has 1 aliphatic heterocycles. The lowest BCUT2D eigenvalue weighted by molar-refractivity contribution is 0.0136. The highest BCUT2D eigenvalue weighted by atomic mass is 16.6. The maximum atomic E-state index is 12.0. The molecule has 0 saturated carbocycles. The molecule has 1 aliphatic rings. The molecule has 0 aromatic rings. The first-order chi connectivity index (χ1) is 9.63. The summed E-state index contributed by atoms with van der Waals surface area (Å²) in [5, 5.41) is 0. The van der Waals surface area contributed by atoms with Crippen LogP contribution < -0.4 is 5.73 Å². The molecule has 0 unspecified atom stereocenters. The number of nitrogens with zero attached hydrogens (tertiary/aromatic N) is 2. The first-order valence-corrected chi connectivity index (χ1v) is 8.03. The quantitative estimate of drug-likeness (QED) is 0.846. The molecular weight excluding hydrogens is 266 g/mol. The van der Waals surface area contributed by atoms with E-state index in [0.717, 1.165) is 52.1 Å². The molecule has 0 aliphatic carbocycles. The van der Waals surface area contributed by atoms with E-state index in [1.807, 2.05) is 25.7 Å². The predicted octanol–water partition coefficient (Wildman–Crippen LogP) is 2.30. The van der Waals surface area contributed by atoms with E-state index in [-0.39, 0.29) is 6.09 Å². The van der Waals surface area contributed by atoms with E-state index >= 15 is 0 Å². The maximum Gasteiger partial charge on any atom is 0.410 e. The summed E-state index contributed by atoms with van der Waals surface area (Å²) in [7, 11) is 0. The number of hydrogen-bond acceptors (Lipinski definition) is 4. The van der Waals surface area contributed by atoms with Gasteiger partial charge in [-0.2, -0.15) is 0 Å². The van der Waals surface area contributed by atoms with Crippen LogP contribution in [0.4, 0.5) is 4.79 Å². The average Bonchev–Trinajstić information content (AvgIpc) is 2.35. The molecule has 1 saturated heterocycles. The first kappa shape index (κ1) is 18.2. The Morgan fingerprint density at radius 1 is 1.05 bits per heavy atom. The molecule has 1 fully saturated rings. The van der Waals surface area contributed by atoms with Gasteiger partial charge >= 0.3 is 6.09 Å². The number of ether oxygens (including phenoxy) is 1. The van der Waals surface area contributed by atoms with Crippen LogP contribution in [0, 0.1) is 5.41 Å². The van der Waals surface area contributed by atoms with Crippen LogP contribution in [-0.2, 0) is 4.74 Å². The topological polar surface area (TPSA) is 58.8 Å². The van der Waals surface area contributed by atoms with Crippen molar-refractivity contribution in [3.05, 3.63) is 0 Å². The van der Waals surface area contributed by atoms with Crippen molar-refractivity contribution in [2.75, 3.05) is 39.3 Å². The summed E-state index contributed by atoms with van der Waals surface area (Å²) in [5.74, 6) is 0. The molecular formula is C16H33N3O2. The Hall–Kier alpha value is -0.810. The van der Waals surface area contributed by atoms with Gasteiger partial charge in [-0.25, -0.2) is 4.79 Å². The Morgan fingerprint density at radius 3 is 2.10 bits per heavy atom. The zero-order valence-electron chi connectivity index (χ0n) is 14.4. The highest BCUT2D eigenvalue weighted by Gasteiger charge is 2.26. The summed E-state index contributed by atoms with van der Waals surface area (Å²) in [4.78, 5) is 16.2. The highest BCUT2D eigenvalue weighted by Crippen LogP contribution is 2.24. The summed E-state index contributed by atoms with van der Waals surface area (Å²) >= 11 is 0. The summed E-state index contributed by atoms with van der Waals surface area (Å²) < 4.78 is 5.41. The van der Waals surface area contributed by atoms with E-state index in [4.69, 9.17) is 10.5 Å². The van der Waals surface area contributed by atoms with E-state index in [1.165, 1.54) is 0 Å². The minimum Gasteiger partial charge on any atom is -0.444 e. The molecule has 1 heterocycles. The van der Waals surface area contributed by atoms with Crippen molar-refractivity contribution in [2.45, 2.75) is 53.1 Å². The molecule has 0 radical (unpaired) electrons. The van der Waals surface area contributed by atoms with Crippen molar-refractivity contribution >= 4 is 6.09 Å². The lowest BCUT2D eigenvalue weighted by Gasteiger charge is -2.37. The fraction of sp³-hybridized carbons (Fsp3) is 0.938. The van der Waals surface area contributed by atoms with E-state index < -0.39 is 5.60 Å². The van der Waals surface area contributed by atoms with Crippen molar-refractivity contribution < 1.29 is 9.53 Å². The third-order valence-electron chi connectivity index (χ3n) is 3.95. The number of amides is 1. The second-order valence-corrected chi connectivity index (χ2v) is 7.76. The molecule has 5 heteroatoms. The van der Waals surface area contributed by atoms with Gasteiger partial charge in [-0.15, -0.1) is 0 Å². The fourth-order valence-electron chi connectivity index (χ4n) is 2.46. The standard InChI is InChI=1S/C16H33N3O2/c1-15(2,3)21-14(20)19-12-10-18(11-13-19)9-7-16(4,5)6-8-17/h6-13,17H2,1-5H3. The number of carbonyl (C=O) groups is 1. The second kappa shape index (κ2) is 7.45. The molecule has 2 N–H and O–H groups in total. The molecule has 1 amide bonds. The molecule has 0 aromatic carbocycles. The Morgan fingerprint density at radius 2 is 1.62 bits per heavy atom. The Bertz CT molecular complexity index is 329. The van der Waals surface area contributed by atoms with Crippen LogP contribution in [0.2, 0.25) is 0 Å². The Balaban J connectivity index is 2.31. The van der Waals surface area contributed by atoms with Crippen molar-refractivity contribution in [3.63, 3.8) is 0 Å². The van der Waals surface area contributed by atoms with E-state index in [2.05, 4.69) is 18.7 Å². The predicted molar refractivity (Wildman–Crippen MR) is 86.3 cm³/mol. The molecule has 0 aromatic heterocycles. The van der Waals surface area contributed by atoms with Gasteiger partial charge in [0.15, 0.2) is 0 Å². The second-order valence-electron chi connectivity index (χ2n) is 7.76. The monoisotopic (exact) mass is 299 g/mol. The van der Waals surface area contributed by atoms with Crippen molar-refractivity contribution in [3.8, 4) is 0 Å². The SMILES string of the molecule is CC(C)(CCN)CCN1CCN(C(=O)OC(C)(C)C)CC1. The third-order valence-corrected chi connectivity index (χ3v) is 3.95. The smallest absolute Gasteiger partial charge is 0.410 e. The number of rotatable bonds is 5. The minimum atomic E-state index is -0.416. The van der Waals surface area contributed by atoms with Gasteiger partial charge in [0, 0.05) is 26.2 Å². The van der Waals surface area contributed by atoms with Crippen LogP contribution >= 0.6 is 0 Å². The summed E-state index contributed by atoms with van der Waals surface area (Å²) in [6.45, 7) is 15.5. The fourth-order valence-corrected chi connectivity index (χ4v) is 2.46. The van der Waals surface area contributed by atoms with E-state index in [9.17, 15) is 4.79 Å². The Labute approximate surface area is 129 Å². The minimum absolute atomic E-state index is 0.189. The van der Waals surface area contributed by atoms with Crippen LogP contribution in [0.5, 0.6) is 0 Å². The largest absolute Gasteiger partial charge is 0.444 e. The average molecular weight is 299 g/mol. The lowest BCUT2D eigenvalue weighted by atomic mass is 9.85. The zero-order valence-corrected chi connectivity index (χ0v) is 14.4. The molecule has 5 nitrogen and oxygen atoms in total. The van der Waals surface area contributed by atoms with Gasteiger partial charge in [-0.1, -0.05) is 13.8 Å². The number of nitrogens with two attached hydrogens (primary N) is 1. The molecule has 1 rings (SSSR count). The van der Waals surface area contributed by atoms with Crippen LogP contribution in [0.15, 0.2) is 0 Å².